The van der Waals surface area contributed by atoms with E-state index in [1.165, 1.54) is 81.3 Å². The van der Waals surface area contributed by atoms with Crippen molar-refractivity contribution in [3.8, 4) is 22.3 Å². The molecule has 4 aromatic rings. The van der Waals surface area contributed by atoms with Gasteiger partial charge in [-0.2, -0.15) is 47.5 Å². The third-order valence-corrected chi connectivity index (χ3v) is 11.9. The average Bonchev–Trinajstić information content (AvgIpc) is 3.46. The Morgan fingerprint density at radius 1 is 0.575 bits per heavy atom. The van der Waals surface area contributed by atoms with E-state index in [2.05, 4.69) is 113 Å². The summed E-state index contributed by atoms with van der Waals surface area (Å²) in [5.74, 6) is 0. The Balaban J connectivity index is 0.000000298. The van der Waals surface area contributed by atoms with Crippen LogP contribution in [0.4, 0.5) is 0 Å². The molecule has 4 aromatic carbocycles. The minimum absolute atomic E-state index is 0. The van der Waals surface area contributed by atoms with Gasteiger partial charge in [0.2, 0.25) is 0 Å². The molecule has 2 heteroatoms. The van der Waals surface area contributed by atoms with Crippen molar-refractivity contribution in [1.82, 2.24) is 0 Å². The minimum Gasteiger partial charge on any atom is -0.358 e. The molecule has 0 unspecified atom stereocenters. The van der Waals surface area contributed by atoms with Crippen LogP contribution < -0.4 is 0 Å². The van der Waals surface area contributed by atoms with E-state index in [1.807, 2.05) is 0 Å². The van der Waals surface area contributed by atoms with Gasteiger partial charge in [-0.15, -0.1) is 22.3 Å². The second-order valence-corrected chi connectivity index (χ2v) is 15.3. The van der Waals surface area contributed by atoms with Crippen LogP contribution in [-0.4, -0.2) is 21.1 Å². The van der Waals surface area contributed by atoms with E-state index < -0.39 is 0 Å². The molecule has 0 N–H and O–H groups in total. The van der Waals surface area contributed by atoms with Crippen molar-refractivity contribution in [2.75, 3.05) is 0 Å². The van der Waals surface area contributed by atoms with Gasteiger partial charge in [0.05, 0.1) is 0 Å². The predicted molar refractivity (Wildman–Crippen MR) is 176 cm³/mol. The maximum Gasteiger partial charge on any atom is 4.00 e. The summed E-state index contributed by atoms with van der Waals surface area (Å²) in [6.45, 7) is 8.79. The third kappa shape index (κ3) is 9.83. The molecular weight excluding hydrogens is 754 g/mol. The Hall–Kier alpha value is -1.45. The Kier molecular flexibility index (Phi) is 17.3. The summed E-state index contributed by atoms with van der Waals surface area (Å²) < 4.78 is 3.29. The number of hydrogen-bond acceptors (Lipinski definition) is 0. The number of benzene rings is 4. The largest absolute Gasteiger partial charge is 4.00 e. The fourth-order valence-corrected chi connectivity index (χ4v) is 9.99. The van der Waals surface area contributed by atoms with Crippen molar-refractivity contribution in [3.05, 3.63) is 133 Å². The summed E-state index contributed by atoms with van der Waals surface area (Å²) >= 11 is -0.00469. The molecule has 0 amide bonds. The van der Waals surface area contributed by atoms with E-state index in [1.54, 1.807) is 8.87 Å². The Bertz CT molecular complexity index is 1210. The van der Waals surface area contributed by atoms with Crippen molar-refractivity contribution in [2.24, 2.45) is 0 Å². The van der Waals surface area contributed by atoms with Gasteiger partial charge in [-0.1, -0.05) is 84.6 Å². The van der Waals surface area contributed by atoms with Gasteiger partial charge in [-0.25, -0.2) is 0 Å². The quantitative estimate of drug-likeness (QED) is 0.0894. The average molecular weight is 801 g/mol. The summed E-state index contributed by atoms with van der Waals surface area (Å²) in [5, 5.41) is 0. The van der Waals surface area contributed by atoms with E-state index >= 15 is 0 Å². The van der Waals surface area contributed by atoms with Crippen LogP contribution in [0.3, 0.4) is 0 Å². The molecule has 0 atom stereocenters. The smallest absolute Gasteiger partial charge is 0.358 e. The van der Waals surface area contributed by atoms with Gasteiger partial charge in [-0.05, 0) is 12.8 Å². The van der Waals surface area contributed by atoms with E-state index in [4.69, 9.17) is 0 Å². The van der Waals surface area contributed by atoms with Gasteiger partial charge in [0.25, 0.3) is 0 Å². The molecule has 0 nitrogen and oxygen atoms in total. The van der Waals surface area contributed by atoms with Crippen LogP contribution in [-0.2, 0) is 38.7 Å². The molecule has 0 heterocycles. The van der Waals surface area contributed by atoms with Crippen LogP contribution in [0.15, 0.2) is 72.8 Å². The molecule has 2 aliphatic rings. The van der Waals surface area contributed by atoms with Crippen LogP contribution in [0.1, 0.15) is 72.9 Å². The molecule has 40 heavy (non-hydrogen) atoms. The SMILES string of the molecule is CCC[CH2][SnH][CH2]CCC.Cc1[c-]c2c(cc1)-c1ccccc1C2.Cc1[c-]c2c(cc1)-c1ccccc1C2.[CH3-].[CH3-].[Hf+4]. The third-order valence-electron chi connectivity index (χ3n) is 7.22. The van der Waals surface area contributed by atoms with Crippen molar-refractivity contribution in [3.63, 3.8) is 0 Å². The van der Waals surface area contributed by atoms with E-state index in [0.717, 1.165) is 12.8 Å². The van der Waals surface area contributed by atoms with Crippen molar-refractivity contribution in [1.29, 1.82) is 0 Å². The molecule has 6 rings (SSSR count). The van der Waals surface area contributed by atoms with Gasteiger partial charge in [0.1, 0.15) is 0 Å². The first-order valence-electron chi connectivity index (χ1n) is 14.1. The fourth-order valence-electron chi connectivity index (χ4n) is 5.19. The number of hydrogen-bond donors (Lipinski definition) is 0. The van der Waals surface area contributed by atoms with Crippen molar-refractivity contribution >= 4 is 21.1 Å². The predicted octanol–water partition coefficient (Wildman–Crippen LogP) is 10.5. The Morgan fingerprint density at radius 3 is 1.38 bits per heavy atom. The van der Waals surface area contributed by atoms with Gasteiger partial charge < -0.3 is 14.9 Å². The van der Waals surface area contributed by atoms with Gasteiger partial charge in [-0.3, -0.25) is 0 Å². The van der Waals surface area contributed by atoms with Crippen LogP contribution in [0, 0.1) is 40.8 Å². The molecule has 0 aliphatic heterocycles. The van der Waals surface area contributed by atoms with E-state index in [-0.39, 0.29) is 61.8 Å². The summed E-state index contributed by atoms with van der Waals surface area (Å²) in [6.07, 6.45) is 7.96. The molecule has 2 aliphatic carbocycles. The van der Waals surface area contributed by atoms with E-state index in [0.29, 0.717) is 0 Å². The zero-order valence-electron chi connectivity index (χ0n) is 25.7. The summed E-state index contributed by atoms with van der Waals surface area (Å²) in [4.78, 5) is 0. The number of aryl methyl sites for hydroxylation is 2. The first kappa shape index (κ1) is 36.6. The van der Waals surface area contributed by atoms with Crippen LogP contribution in [0.2, 0.25) is 8.87 Å². The summed E-state index contributed by atoms with van der Waals surface area (Å²) in [5.41, 5.74) is 13.6. The normalized spacial score (nSPS) is 10.9. The van der Waals surface area contributed by atoms with Crippen LogP contribution in [0.25, 0.3) is 22.3 Å². The molecule has 0 spiro atoms. The maximum atomic E-state index is 3.43. The number of rotatable bonds is 6. The fraction of sp³-hybridized carbons (Fsp3) is 0.316. The monoisotopic (exact) mass is 803 g/mol. The maximum absolute atomic E-state index is 3.43. The molecule has 0 aromatic heterocycles. The minimum atomic E-state index is -0.00469. The molecule has 0 saturated carbocycles. The Morgan fingerprint density at radius 2 is 0.975 bits per heavy atom. The molecule has 207 valence electrons. The van der Waals surface area contributed by atoms with Crippen LogP contribution >= 0.6 is 0 Å². The molecule has 0 bridgehead atoms. The van der Waals surface area contributed by atoms with Crippen molar-refractivity contribution < 1.29 is 25.8 Å². The first-order chi connectivity index (χ1) is 18.1. The van der Waals surface area contributed by atoms with Crippen molar-refractivity contribution in [2.45, 2.75) is 75.1 Å². The van der Waals surface area contributed by atoms with Crippen LogP contribution in [0.5, 0.6) is 0 Å². The zero-order valence-corrected chi connectivity index (χ0v) is 32.6. The second kappa shape index (κ2) is 18.9. The molecule has 1 radical (unpaired) electrons. The summed E-state index contributed by atoms with van der Waals surface area (Å²) in [6, 6.07) is 32.8. The topological polar surface area (TPSA) is 0 Å². The molecular formula is C38H47HfSn. The van der Waals surface area contributed by atoms with Gasteiger partial charge in [0.15, 0.2) is 0 Å². The second-order valence-electron chi connectivity index (χ2n) is 10.3. The molecule has 0 saturated heterocycles. The van der Waals surface area contributed by atoms with E-state index in [9.17, 15) is 0 Å². The zero-order chi connectivity index (χ0) is 26.0. The van der Waals surface area contributed by atoms with Gasteiger partial charge in [0, 0.05) is 0 Å². The number of fused-ring (bicyclic) bond motifs is 6. The summed E-state index contributed by atoms with van der Waals surface area (Å²) in [7, 11) is 0. The Labute approximate surface area is 275 Å². The van der Waals surface area contributed by atoms with Gasteiger partial charge >= 0.3 is 95.4 Å². The molecule has 0 fully saturated rings. The number of unbranched alkanes of at least 4 members (excludes halogenated alkanes) is 2. The first-order valence-corrected chi connectivity index (χ1v) is 18.8. The standard InChI is InChI=1S/2C14H11.2C4H9.2CH3.Hf.Sn.H/c2*1-10-6-7-14-12(8-10)9-11-4-2-3-5-13(11)14;2*1-3-4-2;;;;;/h2*2-7H,9H2,1H3;2*1,3-4H2,2H3;2*1H3;;;/q2*-1;;;2*-1;+4;;.